The van der Waals surface area contributed by atoms with E-state index in [1.165, 1.54) is 0 Å². The second-order valence-electron chi connectivity index (χ2n) is 9.00. The molecule has 1 unspecified atom stereocenters. The topological polar surface area (TPSA) is 57.7 Å². The van der Waals surface area contributed by atoms with Gasteiger partial charge in [-0.1, -0.05) is 62.4 Å². The molecule has 4 aromatic rings. The molecule has 0 spiro atoms. The summed E-state index contributed by atoms with van der Waals surface area (Å²) in [5.74, 6) is 2.45. The first-order chi connectivity index (χ1) is 17.0. The Hall–Kier alpha value is -3.86. The highest BCUT2D eigenvalue weighted by Gasteiger charge is 2.19. The third-order valence-electron chi connectivity index (χ3n) is 5.62. The van der Waals surface area contributed by atoms with Crippen molar-refractivity contribution in [3.63, 3.8) is 0 Å². The van der Waals surface area contributed by atoms with Gasteiger partial charge < -0.3 is 14.2 Å². The van der Waals surface area contributed by atoms with Crippen LogP contribution in [0.5, 0.6) is 17.2 Å². The van der Waals surface area contributed by atoms with E-state index in [-0.39, 0.29) is 5.78 Å². The van der Waals surface area contributed by atoms with Gasteiger partial charge in [0.15, 0.2) is 11.9 Å². The maximum atomic E-state index is 12.1. The molecular weight excluding hydrogens is 438 g/mol. The van der Waals surface area contributed by atoms with E-state index in [9.17, 15) is 4.79 Å². The van der Waals surface area contributed by atoms with Crippen LogP contribution in [0.15, 0.2) is 84.9 Å². The monoisotopic (exact) mass is 469 g/mol. The van der Waals surface area contributed by atoms with Crippen LogP contribution in [0.3, 0.4) is 0 Å². The van der Waals surface area contributed by atoms with Gasteiger partial charge in [0.1, 0.15) is 30.5 Å². The number of rotatable bonds is 11. The summed E-state index contributed by atoms with van der Waals surface area (Å²) >= 11 is 0. The van der Waals surface area contributed by atoms with Gasteiger partial charge in [-0.2, -0.15) is 0 Å². The number of hydrogen-bond donors (Lipinski definition) is 0. The predicted octanol–water partition coefficient (Wildman–Crippen LogP) is 6.78. The molecule has 0 bridgehead atoms. The Morgan fingerprint density at radius 2 is 1.54 bits per heavy atom. The van der Waals surface area contributed by atoms with Gasteiger partial charge in [0.05, 0.1) is 11.2 Å². The van der Waals surface area contributed by atoms with Crippen LogP contribution in [0, 0.1) is 5.92 Å². The van der Waals surface area contributed by atoms with Crippen LogP contribution in [-0.4, -0.2) is 16.9 Å². The van der Waals surface area contributed by atoms with Gasteiger partial charge >= 0.3 is 0 Å². The van der Waals surface area contributed by atoms with Gasteiger partial charge in [-0.05, 0) is 49.6 Å². The number of ether oxygens (including phenoxy) is 3. The smallest absolute Gasteiger partial charge is 0.170 e. The zero-order chi connectivity index (χ0) is 24.6. The molecule has 3 aromatic carbocycles. The average molecular weight is 470 g/mol. The van der Waals surface area contributed by atoms with E-state index in [0.29, 0.717) is 42.8 Å². The molecule has 4 rings (SSSR count). The summed E-state index contributed by atoms with van der Waals surface area (Å²) in [6.07, 6.45) is 0.215. The maximum absolute atomic E-state index is 12.1. The highest BCUT2D eigenvalue weighted by molar-refractivity contribution is 5.80. The number of ketones is 1. The molecule has 0 aliphatic rings. The van der Waals surface area contributed by atoms with E-state index >= 15 is 0 Å². The molecule has 0 saturated heterocycles. The Morgan fingerprint density at radius 1 is 0.829 bits per heavy atom. The molecule has 35 heavy (non-hydrogen) atoms. The second kappa shape index (κ2) is 11.5. The Kier molecular flexibility index (Phi) is 7.99. The molecule has 5 heteroatoms. The first-order valence-electron chi connectivity index (χ1n) is 11.9. The summed E-state index contributed by atoms with van der Waals surface area (Å²) in [6.45, 7) is 6.43. The largest absolute Gasteiger partial charge is 0.489 e. The normalized spacial score (nSPS) is 11.9. The number of aromatic nitrogens is 1. The molecule has 0 saturated carbocycles. The van der Waals surface area contributed by atoms with Gasteiger partial charge in [0.2, 0.25) is 0 Å². The lowest BCUT2D eigenvalue weighted by Gasteiger charge is -2.20. The fraction of sp³-hybridized carbons (Fsp3) is 0.267. The van der Waals surface area contributed by atoms with Crippen molar-refractivity contribution in [3.8, 4) is 17.2 Å². The van der Waals surface area contributed by atoms with Gasteiger partial charge in [-0.25, -0.2) is 4.98 Å². The Morgan fingerprint density at radius 3 is 2.31 bits per heavy atom. The molecule has 0 amide bonds. The molecule has 0 radical (unpaired) electrons. The summed E-state index contributed by atoms with van der Waals surface area (Å²) in [5.41, 5.74) is 2.70. The number of benzene rings is 3. The van der Waals surface area contributed by atoms with Crippen molar-refractivity contribution in [3.05, 3.63) is 96.2 Å². The number of carbonyl (C=O) groups is 1. The zero-order valence-electron chi connectivity index (χ0n) is 20.4. The van der Waals surface area contributed by atoms with Crippen LogP contribution in [0.1, 0.15) is 38.4 Å². The minimum Gasteiger partial charge on any atom is -0.489 e. The third kappa shape index (κ3) is 6.82. The van der Waals surface area contributed by atoms with E-state index in [1.54, 1.807) is 6.92 Å². The third-order valence-corrected chi connectivity index (χ3v) is 5.62. The van der Waals surface area contributed by atoms with Crippen molar-refractivity contribution in [2.24, 2.45) is 5.92 Å². The zero-order valence-corrected chi connectivity index (χ0v) is 20.4. The average Bonchev–Trinajstić information content (AvgIpc) is 2.86. The van der Waals surface area contributed by atoms with E-state index in [0.717, 1.165) is 22.2 Å². The van der Waals surface area contributed by atoms with Crippen LogP contribution in [0.25, 0.3) is 10.9 Å². The summed E-state index contributed by atoms with van der Waals surface area (Å²) in [7, 11) is 0. The summed E-state index contributed by atoms with van der Waals surface area (Å²) in [4.78, 5) is 16.7. The number of fused-ring (bicyclic) bond motifs is 1. The van der Waals surface area contributed by atoms with Crippen molar-refractivity contribution in [2.45, 2.75) is 46.5 Å². The predicted molar refractivity (Wildman–Crippen MR) is 138 cm³/mol. The van der Waals surface area contributed by atoms with Crippen LogP contribution in [0.2, 0.25) is 0 Å². The van der Waals surface area contributed by atoms with E-state index in [4.69, 9.17) is 14.2 Å². The van der Waals surface area contributed by atoms with Gasteiger partial charge in [0, 0.05) is 17.0 Å². The van der Waals surface area contributed by atoms with Crippen molar-refractivity contribution < 1.29 is 19.0 Å². The minimum atomic E-state index is -0.461. The van der Waals surface area contributed by atoms with E-state index < -0.39 is 6.10 Å². The highest BCUT2D eigenvalue weighted by atomic mass is 16.5. The van der Waals surface area contributed by atoms with E-state index in [1.807, 2.05) is 78.9 Å². The van der Waals surface area contributed by atoms with Crippen molar-refractivity contribution >= 4 is 16.7 Å². The Labute approximate surface area is 206 Å². The number of pyridine rings is 1. The number of para-hydroxylation sites is 2. The molecule has 0 N–H and O–H groups in total. The van der Waals surface area contributed by atoms with Crippen molar-refractivity contribution in [1.82, 2.24) is 4.98 Å². The summed E-state index contributed by atoms with van der Waals surface area (Å²) in [6, 6.07) is 27.3. The van der Waals surface area contributed by atoms with Crippen LogP contribution < -0.4 is 14.2 Å². The number of carbonyl (C=O) groups excluding carboxylic acids is 1. The van der Waals surface area contributed by atoms with Gasteiger partial charge in [-0.15, -0.1) is 0 Å². The summed E-state index contributed by atoms with van der Waals surface area (Å²) < 4.78 is 18.1. The van der Waals surface area contributed by atoms with Crippen molar-refractivity contribution in [2.75, 3.05) is 0 Å². The second-order valence-corrected chi connectivity index (χ2v) is 9.00. The standard InChI is InChI=1S/C30H31NO4/c1-21(2)17-30(22(3)32)35-29-14-7-5-10-24(29)19-33-26-11-8-12-27(18-26)34-20-25-16-15-23-9-4-6-13-28(23)31-25/h4-16,18,21,30H,17,19-20H2,1-3H3. The fourth-order valence-electron chi connectivity index (χ4n) is 3.78. The first-order valence-corrected chi connectivity index (χ1v) is 11.9. The lowest BCUT2D eigenvalue weighted by Crippen LogP contribution is -2.27. The SMILES string of the molecule is CC(=O)C(CC(C)C)Oc1ccccc1COc1cccc(OCc2ccc3ccccc3n2)c1. The van der Waals surface area contributed by atoms with Crippen molar-refractivity contribution in [1.29, 1.82) is 0 Å². The molecule has 0 aliphatic heterocycles. The molecule has 1 aromatic heterocycles. The van der Waals surface area contributed by atoms with Crippen LogP contribution in [-0.2, 0) is 18.0 Å². The van der Waals surface area contributed by atoms with Crippen LogP contribution >= 0.6 is 0 Å². The number of Topliss-reactive ketones (excluding diaryl/α,β-unsaturated/α-hetero) is 1. The van der Waals surface area contributed by atoms with E-state index in [2.05, 4.69) is 24.9 Å². The fourth-order valence-corrected chi connectivity index (χ4v) is 3.78. The maximum Gasteiger partial charge on any atom is 0.170 e. The molecule has 0 aliphatic carbocycles. The highest BCUT2D eigenvalue weighted by Crippen LogP contribution is 2.26. The molecule has 1 atom stereocenters. The molecule has 1 heterocycles. The first kappa shape index (κ1) is 24.3. The Balaban J connectivity index is 1.39. The lowest BCUT2D eigenvalue weighted by molar-refractivity contribution is -0.124. The Bertz CT molecular complexity index is 1280. The van der Waals surface area contributed by atoms with Crippen LogP contribution in [0.4, 0.5) is 0 Å². The quantitative estimate of drug-likeness (QED) is 0.242. The molecule has 5 nitrogen and oxygen atoms in total. The minimum absolute atomic E-state index is 0.0279. The molecule has 0 fully saturated rings. The number of hydrogen-bond acceptors (Lipinski definition) is 5. The number of nitrogens with zero attached hydrogens (tertiary/aromatic N) is 1. The summed E-state index contributed by atoms with van der Waals surface area (Å²) in [5, 5.41) is 1.11. The lowest BCUT2D eigenvalue weighted by atomic mass is 10.0. The molecular formula is C30H31NO4. The molecule has 180 valence electrons. The van der Waals surface area contributed by atoms with Gasteiger partial charge in [-0.3, -0.25) is 4.79 Å². The van der Waals surface area contributed by atoms with Gasteiger partial charge in [0.25, 0.3) is 0 Å².